The van der Waals surface area contributed by atoms with Gasteiger partial charge in [-0.05, 0) is 49.7 Å². The Morgan fingerprint density at radius 1 is 1.32 bits per heavy atom. The predicted octanol–water partition coefficient (Wildman–Crippen LogP) is 4.38. The highest BCUT2D eigenvalue weighted by atomic mass is 35.5. The van der Waals surface area contributed by atoms with E-state index < -0.39 is 29.5 Å². The zero-order valence-electron chi connectivity index (χ0n) is 17.7. The highest BCUT2D eigenvalue weighted by Gasteiger charge is 2.55. The molecular weight excluding hydrogens is 444 g/mol. The summed E-state index contributed by atoms with van der Waals surface area (Å²) < 4.78 is 14.9. The van der Waals surface area contributed by atoms with Gasteiger partial charge in [0.05, 0.1) is 21.6 Å². The molecule has 31 heavy (non-hydrogen) atoms. The lowest BCUT2D eigenvalue weighted by atomic mass is 9.76. The third kappa shape index (κ3) is 3.79. The molecule has 170 valence electrons. The lowest BCUT2D eigenvalue weighted by Crippen LogP contribution is -2.48. The summed E-state index contributed by atoms with van der Waals surface area (Å²) in [5.74, 6) is -1.12. The quantitative estimate of drug-likeness (QED) is 0.569. The van der Waals surface area contributed by atoms with Crippen LogP contribution < -0.4 is 10.6 Å². The van der Waals surface area contributed by atoms with Crippen molar-refractivity contribution in [1.29, 1.82) is 0 Å². The van der Waals surface area contributed by atoms with Crippen molar-refractivity contribution >= 4 is 35.1 Å². The molecule has 4 atom stereocenters. The number of nitrogens with one attached hydrogen (secondary N) is 2. The number of aliphatic hydroxyl groups is 1. The molecule has 4 rings (SSSR count). The van der Waals surface area contributed by atoms with Crippen molar-refractivity contribution in [3.63, 3.8) is 0 Å². The monoisotopic (exact) mass is 471 g/mol. The number of likely N-dealkylation sites (N-methyl/N-ethyl adjacent to an activating group) is 1. The van der Waals surface area contributed by atoms with Gasteiger partial charge in [0.25, 0.3) is 0 Å². The van der Waals surface area contributed by atoms with Crippen LogP contribution in [0.4, 0.5) is 9.18 Å². The van der Waals surface area contributed by atoms with Gasteiger partial charge in [0.15, 0.2) is 6.23 Å². The first kappa shape index (κ1) is 22.6. The van der Waals surface area contributed by atoms with E-state index in [0.29, 0.717) is 19.3 Å². The number of nitrogens with zero attached hydrogens (tertiary/aromatic N) is 1. The molecule has 4 unspecified atom stereocenters. The van der Waals surface area contributed by atoms with Crippen LogP contribution in [0, 0.1) is 17.2 Å². The third-order valence-corrected chi connectivity index (χ3v) is 8.37. The smallest absolute Gasteiger partial charge is 0.319 e. The van der Waals surface area contributed by atoms with Crippen LogP contribution in [-0.2, 0) is 4.79 Å². The zero-order chi connectivity index (χ0) is 22.6. The maximum Gasteiger partial charge on any atom is 0.319 e. The van der Waals surface area contributed by atoms with E-state index in [2.05, 4.69) is 10.6 Å². The molecule has 1 aromatic carbocycles. The van der Waals surface area contributed by atoms with Crippen molar-refractivity contribution in [2.24, 2.45) is 11.3 Å². The van der Waals surface area contributed by atoms with Gasteiger partial charge in [-0.2, -0.15) is 0 Å². The van der Waals surface area contributed by atoms with Crippen LogP contribution >= 0.6 is 23.2 Å². The fourth-order valence-corrected chi connectivity index (χ4v) is 6.06. The van der Waals surface area contributed by atoms with E-state index in [1.165, 1.54) is 24.1 Å². The van der Waals surface area contributed by atoms with Crippen LogP contribution in [0.15, 0.2) is 12.1 Å². The number of benzene rings is 1. The Labute approximate surface area is 191 Å². The predicted molar refractivity (Wildman–Crippen MR) is 116 cm³/mol. The van der Waals surface area contributed by atoms with Crippen molar-refractivity contribution in [1.82, 2.24) is 15.5 Å². The first-order valence-electron chi connectivity index (χ1n) is 10.7. The summed E-state index contributed by atoms with van der Waals surface area (Å²) in [6.45, 7) is 2.05. The van der Waals surface area contributed by atoms with Crippen molar-refractivity contribution in [2.75, 3.05) is 7.05 Å². The fourth-order valence-electron chi connectivity index (χ4n) is 5.63. The number of aliphatic hydroxyl groups excluding tert-OH is 1. The molecule has 6 nitrogen and oxygen atoms in total. The molecule has 3 amide bonds. The molecule has 2 aliphatic carbocycles. The Morgan fingerprint density at radius 3 is 2.61 bits per heavy atom. The second kappa shape index (κ2) is 8.09. The topological polar surface area (TPSA) is 81.7 Å². The molecule has 2 saturated carbocycles. The summed E-state index contributed by atoms with van der Waals surface area (Å²) in [7, 11) is 1.53. The summed E-state index contributed by atoms with van der Waals surface area (Å²) in [6.07, 6.45) is 4.04. The van der Waals surface area contributed by atoms with Crippen LogP contribution in [-0.4, -0.2) is 40.8 Å². The number of amides is 3. The number of carbonyl (C=O) groups excluding carboxylic acids is 2. The van der Waals surface area contributed by atoms with Gasteiger partial charge in [0, 0.05) is 18.5 Å². The third-order valence-electron chi connectivity index (χ3n) is 7.56. The molecule has 1 heterocycles. The van der Waals surface area contributed by atoms with E-state index in [1.807, 2.05) is 6.92 Å². The first-order chi connectivity index (χ1) is 14.6. The minimum absolute atomic E-state index is 0.128. The molecule has 3 aliphatic rings. The van der Waals surface area contributed by atoms with Crippen molar-refractivity contribution < 1.29 is 19.1 Å². The fraction of sp³-hybridized carbons (Fsp3) is 0.636. The molecule has 0 bridgehead atoms. The van der Waals surface area contributed by atoms with E-state index in [-0.39, 0.29) is 33.0 Å². The number of hydrogen-bond donors (Lipinski definition) is 3. The zero-order valence-corrected chi connectivity index (χ0v) is 19.2. The summed E-state index contributed by atoms with van der Waals surface area (Å²) in [4.78, 5) is 26.6. The number of rotatable bonds is 4. The second-order valence-electron chi connectivity index (χ2n) is 9.57. The maximum absolute atomic E-state index is 14.9. The molecule has 0 aromatic heterocycles. The summed E-state index contributed by atoms with van der Waals surface area (Å²) in [6, 6.07) is 1.74. The molecule has 3 fully saturated rings. The largest absolute Gasteiger partial charge is 0.371 e. The van der Waals surface area contributed by atoms with Crippen LogP contribution in [0.3, 0.4) is 0 Å². The Balaban J connectivity index is 1.60. The van der Waals surface area contributed by atoms with E-state index >= 15 is 0 Å². The minimum Gasteiger partial charge on any atom is -0.371 e. The normalized spacial score (nSPS) is 30.6. The molecule has 1 saturated heterocycles. The second-order valence-corrected chi connectivity index (χ2v) is 10.4. The van der Waals surface area contributed by atoms with E-state index in [4.69, 9.17) is 23.2 Å². The Bertz CT molecular complexity index is 908. The van der Waals surface area contributed by atoms with Gasteiger partial charge in [-0.1, -0.05) is 43.0 Å². The van der Waals surface area contributed by atoms with Crippen LogP contribution in [0.2, 0.25) is 10.0 Å². The Hall–Kier alpha value is -1.57. The average Bonchev–Trinajstić information content (AvgIpc) is 3.41. The summed E-state index contributed by atoms with van der Waals surface area (Å²) >= 11 is 12.6. The number of urea groups is 1. The average molecular weight is 472 g/mol. The van der Waals surface area contributed by atoms with Crippen LogP contribution in [0.5, 0.6) is 0 Å². The van der Waals surface area contributed by atoms with Gasteiger partial charge < -0.3 is 15.7 Å². The molecular formula is C22H28Cl2FN3O3. The van der Waals surface area contributed by atoms with Gasteiger partial charge >= 0.3 is 6.03 Å². The van der Waals surface area contributed by atoms with Crippen molar-refractivity contribution in [3.8, 4) is 0 Å². The van der Waals surface area contributed by atoms with Crippen molar-refractivity contribution in [3.05, 3.63) is 33.6 Å². The van der Waals surface area contributed by atoms with Gasteiger partial charge in [0.2, 0.25) is 5.91 Å². The SMILES string of the molecule is CN1C(=O)NC2(CCC(C(=O)NC(c3c(F)ccc(Cl)c3Cl)C3(C)CCCC3)C2)C1O. The molecule has 1 aliphatic heterocycles. The molecule has 1 aromatic rings. The van der Waals surface area contributed by atoms with Crippen LogP contribution in [0.1, 0.15) is 63.5 Å². The lowest BCUT2D eigenvalue weighted by molar-refractivity contribution is -0.126. The van der Waals surface area contributed by atoms with Crippen molar-refractivity contribution in [2.45, 2.75) is 69.7 Å². The molecule has 9 heteroatoms. The number of carbonyl (C=O) groups is 2. The standard InChI is InChI=1S/C22H28Cl2FN3O3/c1-21(8-3-4-9-21)17(15-14(25)6-5-13(23)16(15)24)26-18(29)12-7-10-22(11-12)19(30)28(2)20(31)27-22/h5-6,12,17,19,30H,3-4,7-11H2,1-2H3,(H,26,29)(H,27,31). The molecule has 0 radical (unpaired) electrons. The highest BCUT2D eigenvalue weighted by Crippen LogP contribution is 2.50. The van der Waals surface area contributed by atoms with Crippen LogP contribution in [0.25, 0.3) is 0 Å². The van der Waals surface area contributed by atoms with Gasteiger partial charge in [0.1, 0.15) is 5.82 Å². The first-order valence-corrected chi connectivity index (χ1v) is 11.5. The number of hydrogen-bond acceptors (Lipinski definition) is 3. The molecule has 1 spiro atoms. The lowest BCUT2D eigenvalue weighted by Gasteiger charge is -2.36. The van der Waals surface area contributed by atoms with E-state index in [1.54, 1.807) is 0 Å². The van der Waals surface area contributed by atoms with Gasteiger partial charge in [-0.15, -0.1) is 0 Å². The molecule has 3 N–H and O–H groups in total. The van der Waals surface area contributed by atoms with Gasteiger partial charge in [-0.25, -0.2) is 9.18 Å². The Morgan fingerprint density at radius 2 is 2.00 bits per heavy atom. The van der Waals surface area contributed by atoms with E-state index in [9.17, 15) is 19.1 Å². The van der Waals surface area contributed by atoms with E-state index in [0.717, 1.165) is 25.7 Å². The Kier molecular flexibility index (Phi) is 5.90. The highest BCUT2D eigenvalue weighted by molar-refractivity contribution is 6.42. The minimum atomic E-state index is -0.985. The maximum atomic E-state index is 14.9. The summed E-state index contributed by atoms with van der Waals surface area (Å²) in [5.41, 5.74) is -0.948. The van der Waals surface area contributed by atoms with Gasteiger partial charge in [-0.3, -0.25) is 9.69 Å². The summed E-state index contributed by atoms with van der Waals surface area (Å²) in [5, 5.41) is 16.8. The number of halogens is 3.